The van der Waals surface area contributed by atoms with E-state index < -0.39 is 23.7 Å². The number of aromatic hydroxyl groups is 1. The highest BCUT2D eigenvalue weighted by Crippen LogP contribution is 2.18. The predicted octanol–water partition coefficient (Wildman–Crippen LogP) is 1.86. The number of carboxylic acid groups (broad SMARTS) is 1. The fraction of sp³-hybridized carbons (Fsp3) is 0.385. The van der Waals surface area contributed by atoms with Crippen molar-refractivity contribution in [3.05, 3.63) is 29.6 Å². The molecule has 1 aromatic carbocycles. The van der Waals surface area contributed by atoms with Crippen LogP contribution in [0.1, 0.15) is 30.6 Å². The average molecular weight is 269 g/mol. The Bertz CT molecular complexity index is 490. The van der Waals surface area contributed by atoms with Crippen LogP contribution in [0.15, 0.2) is 18.2 Å². The van der Waals surface area contributed by atoms with Crippen molar-refractivity contribution in [1.29, 1.82) is 0 Å². The molecule has 1 amide bonds. The number of hydrogen-bond donors (Lipinski definition) is 2. The Morgan fingerprint density at radius 2 is 2.05 bits per heavy atom. The summed E-state index contributed by atoms with van der Waals surface area (Å²) in [7, 11) is 0. The first kappa shape index (κ1) is 14.9. The standard InChI is InChI=1S/C13H16FNO4/c1-3-15(8(2)6-12(17)18)13(19)10-5-4-9(16)7-11(10)14/h4-5,7-8,16H,3,6H2,1-2H3,(H,17,18). The van der Waals surface area contributed by atoms with E-state index in [-0.39, 0.29) is 24.3 Å². The number of benzene rings is 1. The maximum Gasteiger partial charge on any atom is 0.305 e. The highest BCUT2D eigenvalue weighted by atomic mass is 19.1. The Kier molecular flexibility index (Phi) is 4.86. The summed E-state index contributed by atoms with van der Waals surface area (Å²) in [4.78, 5) is 24.1. The Morgan fingerprint density at radius 3 is 2.53 bits per heavy atom. The molecule has 1 unspecified atom stereocenters. The number of rotatable bonds is 5. The minimum Gasteiger partial charge on any atom is -0.508 e. The maximum absolute atomic E-state index is 13.6. The minimum atomic E-state index is -1.02. The summed E-state index contributed by atoms with van der Waals surface area (Å²) in [5.41, 5.74) is -0.183. The van der Waals surface area contributed by atoms with Gasteiger partial charge in [0.05, 0.1) is 12.0 Å². The predicted molar refractivity (Wildman–Crippen MR) is 66.5 cm³/mol. The molecule has 0 radical (unpaired) electrons. The number of phenolic OH excluding ortho intramolecular Hbond substituents is 1. The molecule has 0 heterocycles. The Balaban J connectivity index is 2.98. The van der Waals surface area contributed by atoms with E-state index in [4.69, 9.17) is 10.2 Å². The van der Waals surface area contributed by atoms with E-state index in [0.717, 1.165) is 6.07 Å². The first-order valence-electron chi connectivity index (χ1n) is 5.88. The monoisotopic (exact) mass is 269 g/mol. The summed E-state index contributed by atoms with van der Waals surface area (Å²) < 4.78 is 13.6. The third kappa shape index (κ3) is 3.67. The van der Waals surface area contributed by atoms with E-state index in [1.165, 1.54) is 17.0 Å². The van der Waals surface area contributed by atoms with Gasteiger partial charge in [0.2, 0.25) is 0 Å². The van der Waals surface area contributed by atoms with Gasteiger partial charge in [0, 0.05) is 18.7 Å². The molecule has 0 aliphatic heterocycles. The van der Waals surface area contributed by atoms with Gasteiger partial charge in [0.1, 0.15) is 11.6 Å². The highest BCUT2D eigenvalue weighted by molar-refractivity contribution is 5.95. The van der Waals surface area contributed by atoms with Gasteiger partial charge in [0.25, 0.3) is 5.91 Å². The topological polar surface area (TPSA) is 77.8 Å². The number of phenols is 1. The first-order valence-corrected chi connectivity index (χ1v) is 5.88. The van der Waals surface area contributed by atoms with Crippen molar-refractivity contribution in [3.63, 3.8) is 0 Å². The van der Waals surface area contributed by atoms with Crippen molar-refractivity contribution < 1.29 is 24.2 Å². The average Bonchev–Trinajstić information content (AvgIpc) is 2.28. The molecule has 1 aromatic rings. The van der Waals surface area contributed by atoms with E-state index in [2.05, 4.69) is 0 Å². The SMILES string of the molecule is CCN(C(=O)c1ccc(O)cc1F)C(C)CC(=O)O. The van der Waals surface area contributed by atoms with E-state index in [0.29, 0.717) is 0 Å². The van der Waals surface area contributed by atoms with E-state index in [1.54, 1.807) is 13.8 Å². The normalized spacial score (nSPS) is 11.9. The molecule has 104 valence electrons. The van der Waals surface area contributed by atoms with Gasteiger partial charge in [-0.3, -0.25) is 9.59 Å². The zero-order valence-electron chi connectivity index (χ0n) is 10.8. The molecule has 1 rings (SSSR count). The number of aliphatic carboxylic acids is 1. The molecule has 0 saturated heterocycles. The van der Waals surface area contributed by atoms with Crippen molar-refractivity contribution in [2.24, 2.45) is 0 Å². The molecule has 0 aliphatic rings. The smallest absolute Gasteiger partial charge is 0.305 e. The molecule has 0 saturated carbocycles. The van der Waals surface area contributed by atoms with Crippen LogP contribution in [0.2, 0.25) is 0 Å². The highest BCUT2D eigenvalue weighted by Gasteiger charge is 2.24. The van der Waals surface area contributed by atoms with Crippen LogP contribution in [0.3, 0.4) is 0 Å². The second-order valence-corrected chi connectivity index (χ2v) is 4.20. The molecular weight excluding hydrogens is 253 g/mol. The lowest BCUT2D eigenvalue weighted by molar-refractivity contribution is -0.138. The van der Waals surface area contributed by atoms with Gasteiger partial charge in [0.15, 0.2) is 0 Å². The lowest BCUT2D eigenvalue weighted by atomic mass is 10.1. The van der Waals surface area contributed by atoms with E-state index in [9.17, 15) is 14.0 Å². The molecule has 0 bridgehead atoms. The molecular formula is C13H16FNO4. The quantitative estimate of drug-likeness (QED) is 0.855. The fourth-order valence-electron chi connectivity index (χ4n) is 1.85. The Morgan fingerprint density at radius 1 is 1.42 bits per heavy atom. The van der Waals surface area contributed by atoms with Crippen LogP contribution in [0.4, 0.5) is 4.39 Å². The van der Waals surface area contributed by atoms with E-state index in [1.807, 2.05) is 0 Å². The third-order valence-electron chi connectivity index (χ3n) is 2.79. The largest absolute Gasteiger partial charge is 0.508 e. The van der Waals surface area contributed by atoms with Gasteiger partial charge in [-0.05, 0) is 26.0 Å². The maximum atomic E-state index is 13.6. The van der Waals surface area contributed by atoms with Crippen LogP contribution in [-0.4, -0.2) is 39.6 Å². The lowest BCUT2D eigenvalue weighted by Gasteiger charge is -2.27. The number of carbonyl (C=O) groups excluding carboxylic acids is 1. The molecule has 0 aliphatic carbocycles. The van der Waals surface area contributed by atoms with Crippen LogP contribution in [0.25, 0.3) is 0 Å². The zero-order chi connectivity index (χ0) is 14.6. The Hall–Kier alpha value is -2.11. The molecule has 5 nitrogen and oxygen atoms in total. The third-order valence-corrected chi connectivity index (χ3v) is 2.79. The second kappa shape index (κ2) is 6.17. The number of amides is 1. The van der Waals surface area contributed by atoms with Crippen LogP contribution >= 0.6 is 0 Å². The number of nitrogens with zero attached hydrogens (tertiary/aromatic N) is 1. The first-order chi connectivity index (χ1) is 8.86. The zero-order valence-corrected chi connectivity index (χ0v) is 10.8. The number of carboxylic acids is 1. The Labute approximate surface area is 110 Å². The molecule has 2 N–H and O–H groups in total. The number of hydrogen-bond acceptors (Lipinski definition) is 3. The molecule has 19 heavy (non-hydrogen) atoms. The summed E-state index contributed by atoms with van der Waals surface area (Å²) in [6.07, 6.45) is -0.209. The molecule has 1 atom stereocenters. The summed E-state index contributed by atoms with van der Waals surface area (Å²) in [5, 5.41) is 17.8. The van der Waals surface area contributed by atoms with Gasteiger partial charge in [-0.2, -0.15) is 0 Å². The van der Waals surface area contributed by atoms with Gasteiger partial charge < -0.3 is 15.1 Å². The van der Waals surface area contributed by atoms with Crippen molar-refractivity contribution >= 4 is 11.9 Å². The van der Waals surface area contributed by atoms with Crippen molar-refractivity contribution in [1.82, 2.24) is 4.90 Å². The molecule has 6 heteroatoms. The van der Waals surface area contributed by atoms with Crippen molar-refractivity contribution in [2.75, 3.05) is 6.54 Å². The summed E-state index contributed by atoms with van der Waals surface area (Å²) in [5.74, 6) is -2.71. The minimum absolute atomic E-state index is 0.183. The van der Waals surface area contributed by atoms with Gasteiger partial charge in [-0.1, -0.05) is 0 Å². The van der Waals surface area contributed by atoms with Crippen molar-refractivity contribution in [3.8, 4) is 5.75 Å². The van der Waals surface area contributed by atoms with Crippen LogP contribution < -0.4 is 0 Å². The molecule has 0 spiro atoms. The summed E-state index contributed by atoms with van der Waals surface area (Å²) in [6, 6.07) is 2.71. The summed E-state index contributed by atoms with van der Waals surface area (Å²) >= 11 is 0. The van der Waals surface area contributed by atoms with Crippen molar-refractivity contribution in [2.45, 2.75) is 26.3 Å². The van der Waals surface area contributed by atoms with Crippen LogP contribution in [0, 0.1) is 5.82 Å². The van der Waals surface area contributed by atoms with Gasteiger partial charge in [-0.15, -0.1) is 0 Å². The van der Waals surface area contributed by atoms with Gasteiger partial charge >= 0.3 is 5.97 Å². The molecule has 0 aromatic heterocycles. The van der Waals surface area contributed by atoms with Crippen LogP contribution in [-0.2, 0) is 4.79 Å². The van der Waals surface area contributed by atoms with Crippen LogP contribution in [0.5, 0.6) is 5.75 Å². The van der Waals surface area contributed by atoms with E-state index >= 15 is 0 Å². The number of halogens is 1. The second-order valence-electron chi connectivity index (χ2n) is 4.20. The van der Waals surface area contributed by atoms with Gasteiger partial charge in [-0.25, -0.2) is 4.39 Å². The fourth-order valence-corrected chi connectivity index (χ4v) is 1.85. The lowest BCUT2D eigenvalue weighted by Crippen LogP contribution is -2.40. The summed E-state index contributed by atoms with van der Waals surface area (Å²) in [6.45, 7) is 3.55. The molecule has 0 fully saturated rings. The number of carbonyl (C=O) groups is 2.